The lowest BCUT2D eigenvalue weighted by Gasteiger charge is -2.37. The van der Waals surface area contributed by atoms with Gasteiger partial charge in [0.1, 0.15) is 5.01 Å². The third-order valence-corrected chi connectivity index (χ3v) is 5.87. The zero-order valence-electron chi connectivity index (χ0n) is 13.3. The summed E-state index contributed by atoms with van der Waals surface area (Å²) in [4.78, 5) is 5.00. The summed E-state index contributed by atoms with van der Waals surface area (Å²) < 4.78 is 0. The quantitative estimate of drug-likeness (QED) is 0.858. The first-order chi connectivity index (χ1) is 9.37. The highest BCUT2D eigenvalue weighted by Crippen LogP contribution is 2.41. The van der Waals surface area contributed by atoms with Crippen molar-refractivity contribution < 1.29 is 0 Å². The Morgan fingerprint density at radius 2 is 1.90 bits per heavy atom. The first kappa shape index (κ1) is 14.5. The van der Waals surface area contributed by atoms with Gasteiger partial charge in [-0.1, -0.05) is 40.0 Å². The van der Waals surface area contributed by atoms with Crippen molar-refractivity contribution in [3.05, 3.63) is 16.1 Å². The van der Waals surface area contributed by atoms with Crippen LogP contribution < -0.4 is 5.32 Å². The van der Waals surface area contributed by atoms with Gasteiger partial charge in [0.2, 0.25) is 0 Å². The minimum absolute atomic E-state index is 0.0976. The third kappa shape index (κ3) is 3.09. The Morgan fingerprint density at radius 3 is 2.35 bits per heavy atom. The molecule has 2 nitrogen and oxygen atoms in total. The van der Waals surface area contributed by atoms with Gasteiger partial charge >= 0.3 is 0 Å². The molecule has 0 aliphatic heterocycles. The molecule has 1 aromatic rings. The van der Waals surface area contributed by atoms with Gasteiger partial charge in [-0.15, -0.1) is 11.3 Å². The smallest absolute Gasteiger partial charge is 0.113 e. The van der Waals surface area contributed by atoms with Crippen LogP contribution in [0.1, 0.15) is 76.9 Å². The van der Waals surface area contributed by atoms with E-state index in [1.165, 1.54) is 49.2 Å². The molecule has 3 heteroatoms. The van der Waals surface area contributed by atoms with Gasteiger partial charge in [-0.05, 0) is 32.1 Å². The van der Waals surface area contributed by atoms with Gasteiger partial charge in [-0.25, -0.2) is 4.98 Å². The van der Waals surface area contributed by atoms with Gasteiger partial charge in [0, 0.05) is 16.8 Å². The maximum atomic E-state index is 5.00. The molecule has 20 heavy (non-hydrogen) atoms. The van der Waals surface area contributed by atoms with Gasteiger partial charge in [-0.2, -0.15) is 0 Å². The van der Waals surface area contributed by atoms with Crippen LogP contribution in [0.5, 0.6) is 0 Å². The average Bonchev–Trinajstić information content (AvgIpc) is 2.94. The maximum absolute atomic E-state index is 5.00. The minimum atomic E-state index is 0.0976. The van der Waals surface area contributed by atoms with E-state index in [1.54, 1.807) is 0 Å². The van der Waals surface area contributed by atoms with Crippen molar-refractivity contribution in [2.45, 2.75) is 83.2 Å². The van der Waals surface area contributed by atoms with Crippen molar-refractivity contribution in [2.75, 3.05) is 0 Å². The van der Waals surface area contributed by atoms with E-state index in [9.17, 15) is 0 Å². The predicted octanol–water partition coefficient (Wildman–Crippen LogP) is 4.60. The summed E-state index contributed by atoms with van der Waals surface area (Å²) in [6.07, 6.45) is 8.21. The molecule has 0 radical (unpaired) electrons. The topological polar surface area (TPSA) is 24.9 Å². The fraction of sp³-hybridized carbons (Fsp3) is 0.824. The Labute approximate surface area is 127 Å². The first-order valence-corrected chi connectivity index (χ1v) is 8.99. The highest BCUT2D eigenvalue weighted by molar-refractivity contribution is 7.09. The predicted molar refractivity (Wildman–Crippen MR) is 86.3 cm³/mol. The number of hydrogen-bond acceptors (Lipinski definition) is 3. The van der Waals surface area contributed by atoms with E-state index in [2.05, 4.69) is 38.4 Å². The van der Waals surface area contributed by atoms with Gasteiger partial charge in [0.25, 0.3) is 0 Å². The number of hydrogen-bond donors (Lipinski definition) is 1. The van der Waals surface area contributed by atoms with Crippen molar-refractivity contribution in [2.24, 2.45) is 5.92 Å². The van der Waals surface area contributed by atoms with Crippen molar-refractivity contribution in [3.63, 3.8) is 0 Å². The van der Waals surface area contributed by atoms with E-state index in [0.717, 1.165) is 12.0 Å². The van der Waals surface area contributed by atoms with Crippen LogP contribution in [0.2, 0.25) is 0 Å². The number of nitrogens with zero attached hydrogens (tertiary/aromatic N) is 1. The zero-order valence-corrected chi connectivity index (χ0v) is 14.1. The molecule has 0 aromatic carbocycles. The summed E-state index contributed by atoms with van der Waals surface area (Å²) in [5.74, 6) is 0.910. The Bertz CT molecular complexity index is 466. The average molecular weight is 292 g/mol. The molecule has 0 amide bonds. The summed E-state index contributed by atoms with van der Waals surface area (Å²) in [5.41, 5.74) is 1.50. The van der Waals surface area contributed by atoms with Crippen LogP contribution in [-0.2, 0) is 11.0 Å². The Morgan fingerprint density at radius 1 is 1.20 bits per heavy atom. The molecule has 112 valence electrons. The lowest BCUT2D eigenvalue weighted by molar-refractivity contribution is 0.201. The molecule has 2 saturated carbocycles. The van der Waals surface area contributed by atoms with Crippen molar-refractivity contribution in [1.82, 2.24) is 10.3 Å². The van der Waals surface area contributed by atoms with Crippen LogP contribution in [0.25, 0.3) is 0 Å². The van der Waals surface area contributed by atoms with Gasteiger partial charge in [0.05, 0.1) is 11.2 Å². The van der Waals surface area contributed by atoms with Gasteiger partial charge in [0.15, 0.2) is 0 Å². The third-order valence-electron chi connectivity index (χ3n) is 4.77. The molecular weight excluding hydrogens is 264 g/mol. The molecular formula is C17H28N2S. The summed E-state index contributed by atoms with van der Waals surface area (Å²) in [6, 6.07) is 0.738. The molecule has 1 unspecified atom stereocenters. The highest BCUT2D eigenvalue weighted by atomic mass is 32.1. The van der Waals surface area contributed by atoms with E-state index in [1.807, 2.05) is 11.3 Å². The molecule has 1 N–H and O–H groups in total. The van der Waals surface area contributed by atoms with Crippen LogP contribution in [0.15, 0.2) is 5.38 Å². The molecule has 1 heterocycles. The van der Waals surface area contributed by atoms with Crippen molar-refractivity contribution in [1.29, 1.82) is 0 Å². The highest BCUT2D eigenvalue weighted by Gasteiger charge is 2.39. The lowest BCUT2D eigenvalue weighted by Crippen LogP contribution is -2.43. The Balaban J connectivity index is 1.81. The molecule has 2 fully saturated rings. The van der Waals surface area contributed by atoms with Gasteiger partial charge in [-0.3, -0.25) is 0 Å². The Kier molecular flexibility index (Phi) is 3.70. The van der Waals surface area contributed by atoms with E-state index < -0.39 is 0 Å². The molecule has 0 bridgehead atoms. The van der Waals surface area contributed by atoms with Crippen LogP contribution in [0.3, 0.4) is 0 Å². The summed E-state index contributed by atoms with van der Waals surface area (Å²) >= 11 is 1.86. The number of thiazole rings is 1. The van der Waals surface area contributed by atoms with Crippen molar-refractivity contribution >= 4 is 11.3 Å². The summed E-state index contributed by atoms with van der Waals surface area (Å²) in [6.45, 7) is 9.14. The number of nitrogens with one attached hydrogen (secondary N) is 1. The van der Waals surface area contributed by atoms with Crippen molar-refractivity contribution in [3.8, 4) is 0 Å². The van der Waals surface area contributed by atoms with E-state index in [-0.39, 0.29) is 11.0 Å². The second-order valence-corrected chi connectivity index (χ2v) is 8.90. The monoisotopic (exact) mass is 292 g/mol. The summed E-state index contributed by atoms with van der Waals surface area (Å²) in [7, 11) is 0. The molecule has 0 saturated heterocycles. The van der Waals surface area contributed by atoms with E-state index in [0.29, 0.717) is 0 Å². The van der Waals surface area contributed by atoms with Crippen LogP contribution in [0.4, 0.5) is 0 Å². The van der Waals surface area contributed by atoms with Crippen LogP contribution >= 0.6 is 11.3 Å². The second kappa shape index (κ2) is 5.10. The largest absolute Gasteiger partial charge is 0.303 e. The molecule has 1 aromatic heterocycles. The fourth-order valence-electron chi connectivity index (χ4n) is 3.03. The lowest BCUT2D eigenvalue weighted by atomic mass is 9.76. The molecule has 2 aliphatic rings. The van der Waals surface area contributed by atoms with Gasteiger partial charge < -0.3 is 5.32 Å². The van der Waals surface area contributed by atoms with E-state index >= 15 is 0 Å². The molecule has 1 atom stereocenters. The SMILES string of the molecule is CC(C)(C)c1csc(C(C)(CC2CCC2)NC2CC2)n1. The normalized spacial score (nSPS) is 23.4. The fourth-order valence-corrected chi connectivity index (χ4v) is 4.22. The second-order valence-electron chi connectivity index (χ2n) is 8.04. The van der Waals surface area contributed by atoms with E-state index in [4.69, 9.17) is 4.98 Å². The molecule has 2 aliphatic carbocycles. The molecule has 3 rings (SSSR count). The van der Waals surface area contributed by atoms with Crippen LogP contribution in [0, 0.1) is 5.92 Å². The minimum Gasteiger partial charge on any atom is -0.303 e. The zero-order chi connectivity index (χ0) is 14.4. The first-order valence-electron chi connectivity index (χ1n) is 8.11. The van der Waals surface area contributed by atoms with Crippen LogP contribution in [-0.4, -0.2) is 11.0 Å². The number of aromatic nitrogens is 1. The number of rotatable bonds is 5. The standard InChI is InChI=1S/C17H28N2S/c1-16(2,3)14-11-20-15(18-14)17(4,19-13-8-9-13)10-12-6-5-7-12/h11-13,19H,5-10H2,1-4H3. The Hall–Kier alpha value is -0.410. The summed E-state index contributed by atoms with van der Waals surface area (Å²) in [5, 5.41) is 7.47. The maximum Gasteiger partial charge on any atom is 0.113 e. The molecule has 0 spiro atoms.